The second-order valence-corrected chi connectivity index (χ2v) is 7.46. The molecule has 0 radical (unpaired) electrons. The normalized spacial score (nSPS) is 10.1. The standard InChI is InChI=1S/C21H23N5O7S/c1-2-3-4-5-10-33-18-8-6-14(7-9-18)20(28)23-24-21(34)22-19(27)15-11-16(25(29)30)13-17(12-15)26(31)32/h6-9,11-13H,2-5,10H2,1H3,(H,23,28)(H2,22,24,27,34). The lowest BCUT2D eigenvalue weighted by Crippen LogP contribution is -2.48. The Morgan fingerprint density at radius 1 is 0.882 bits per heavy atom. The largest absolute Gasteiger partial charge is 0.494 e. The summed E-state index contributed by atoms with van der Waals surface area (Å²) >= 11 is 4.92. The number of non-ortho nitro benzene ring substituents is 2. The van der Waals surface area contributed by atoms with E-state index in [1.165, 1.54) is 0 Å². The van der Waals surface area contributed by atoms with Gasteiger partial charge in [-0.15, -0.1) is 0 Å². The summed E-state index contributed by atoms with van der Waals surface area (Å²) in [5.41, 5.74) is 3.33. The molecule has 0 aliphatic carbocycles. The molecular weight excluding hydrogens is 466 g/mol. The molecule has 12 nitrogen and oxygen atoms in total. The van der Waals surface area contributed by atoms with Crippen LogP contribution in [0.4, 0.5) is 11.4 Å². The Kier molecular flexibility index (Phi) is 9.83. The monoisotopic (exact) mass is 489 g/mol. The van der Waals surface area contributed by atoms with Gasteiger partial charge in [0.05, 0.1) is 28.1 Å². The third-order valence-electron chi connectivity index (χ3n) is 4.49. The van der Waals surface area contributed by atoms with E-state index in [1.807, 2.05) is 0 Å². The fourth-order valence-corrected chi connectivity index (χ4v) is 2.89. The van der Waals surface area contributed by atoms with Crippen molar-refractivity contribution in [1.82, 2.24) is 16.2 Å². The first-order valence-electron chi connectivity index (χ1n) is 10.3. The molecule has 0 fully saturated rings. The lowest BCUT2D eigenvalue weighted by atomic mass is 10.1. The van der Waals surface area contributed by atoms with E-state index in [9.17, 15) is 29.8 Å². The van der Waals surface area contributed by atoms with Crippen LogP contribution >= 0.6 is 12.2 Å². The molecule has 13 heteroatoms. The highest BCUT2D eigenvalue weighted by atomic mass is 32.1. The highest BCUT2D eigenvalue weighted by Gasteiger charge is 2.20. The molecule has 2 rings (SSSR count). The molecule has 0 aliphatic heterocycles. The Bertz CT molecular complexity index is 1040. The first-order valence-corrected chi connectivity index (χ1v) is 10.7. The zero-order chi connectivity index (χ0) is 25.1. The molecule has 0 aliphatic rings. The van der Waals surface area contributed by atoms with Gasteiger partial charge in [-0.25, -0.2) is 0 Å². The van der Waals surface area contributed by atoms with Crippen LogP contribution in [0, 0.1) is 20.2 Å². The number of hydrogen-bond acceptors (Lipinski definition) is 8. The molecule has 0 spiro atoms. The summed E-state index contributed by atoms with van der Waals surface area (Å²) in [6, 6.07) is 8.91. The van der Waals surface area contributed by atoms with Crippen molar-refractivity contribution in [3.63, 3.8) is 0 Å². The third-order valence-corrected chi connectivity index (χ3v) is 4.69. The first kappa shape index (κ1) is 26.1. The van der Waals surface area contributed by atoms with E-state index in [2.05, 4.69) is 23.1 Å². The van der Waals surface area contributed by atoms with E-state index < -0.39 is 33.0 Å². The number of nitrogens with zero attached hydrogens (tertiary/aromatic N) is 2. The number of nitro benzene ring substituents is 2. The number of hydrazine groups is 1. The minimum atomic E-state index is -0.931. The molecule has 0 unspecified atom stereocenters. The zero-order valence-electron chi connectivity index (χ0n) is 18.2. The van der Waals surface area contributed by atoms with Gasteiger partial charge in [-0.05, 0) is 42.9 Å². The van der Waals surface area contributed by atoms with Gasteiger partial charge >= 0.3 is 0 Å². The molecule has 2 aromatic carbocycles. The fraction of sp³-hybridized carbons (Fsp3) is 0.286. The van der Waals surface area contributed by atoms with Crippen molar-refractivity contribution < 1.29 is 24.2 Å². The number of ether oxygens (including phenoxy) is 1. The van der Waals surface area contributed by atoms with Crippen molar-refractivity contribution in [3.05, 3.63) is 73.8 Å². The maximum atomic E-state index is 12.3. The molecule has 0 bridgehead atoms. The van der Waals surface area contributed by atoms with Crippen LogP contribution < -0.4 is 20.9 Å². The van der Waals surface area contributed by atoms with Crippen LogP contribution in [-0.2, 0) is 0 Å². The summed E-state index contributed by atoms with van der Waals surface area (Å²) in [5.74, 6) is -0.842. The summed E-state index contributed by atoms with van der Waals surface area (Å²) in [5, 5.41) is 23.8. The number of amides is 2. The van der Waals surface area contributed by atoms with Gasteiger partial charge in [0.1, 0.15) is 5.75 Å². The van der Waals surface area contributed by atoms with Crippen LogP contribution in [-0.4, -0.2) is 33.4 Å². The van der Waals surface area contributed by atoms with Gasteiger partial charge in [0.2, 0.25) is 0 Å². The van der Waals surface area contributed by atoms with E-state index in [-0.39, 0.29) is 10.7 Å². The topological polar surface area (TPSA) is 166 Å². The van der Waals surface area contributed by atoms with Gasteiger partial charge in [0, 0.05) is 17.7 Å². The van der Waals surface area contributed by atoms with Crippen LogP contribution in [0.25, 0.3) is 0 Å². The van der Waals surface area contributed by atoms with Gasteiger partial charge in [0.25, 0.3) is 23.2 Å². The molecule has 180 valence electrons. The second-order valence-electron chi connectivity index (χ2n) is 7.05. The summed E-state index contributed by atoms with van der Waals surface area (Å²) in [4.78, 5) is 44.7. The quantitative estimate of drug-likeness (QED) is 0.196. The maximum absolute atomic E-state index is 12.3. The van der Waals surface area contributed by atoms with Crippen LogP contribution in [0.2, 0.25) is 0 Å². The number of benzene rings is 2. The van der Waals surface area contributed by atoms with Gasteiger partial charge in [-0.2, -0.15) is 0 Å². The smallest absolute Gasteiger partial charge is 0.277 e. The lowest BCUT2D eigenvalue weighted by molar-refractivity contribution is -0.394. The maximum Gasteiger partial charge on any atom is 0.277 e. The van der Waals surface area contributed by atoms with Crippen molar-refractivity contribution >= 4 is 40.5 Å². The Morgan fingerprint density at radius 3 is 2.06 bits per heavy atom. The number of hydrogen-bond donors (Lipinski definition) is 3. The van der Waals surface area contributed by atoms with E-state index in [0.29, 0.717) is 17.9 Å². The predicted octanol–water partition coefficient (Wildman–Crippen LogP) is 3.41. The Hall–Kier alpha value is -4.13. The van der Waals surface area contributed by atoms with Crippen LogP contribution in [0.3, 0.4) is 0 Å². The number of nitro groups is 2. The van der Waals surface area contributed by atoms with E-state index in [0.717, 1.165) is 43.9 Å². The molecule has 2 aromatic rings. The minimum absolute atomic E-state index is 0.300. The molecule has 0 saturated heterocycles. The van der Waals surface area contributed by atoms with Crippen LogP contribution in [0.5, 0.6) is 5.75 Å². The number of thiocarbonyl (C=S) groups is 1. The number of rotatable bonds is 10. The van der Waals surface area contributed by atoms with E-state index in [4.69, 9.17) is 17.0 Å². The van der Waals surface area contributed by atoms with Gasteiger partial charge < -0.3 is 4.74 Å². The molecule has 34 heavy (non-hydrogen) atoms. The van der Waals surface area contributed by atoms with Crippen molar-refractivity contribution in [1.29, 1.82) is 0 Å². The highest BCUT2D eigenvalue weighted by molar-refractivity contribution is 7.80. The average molecular weight is 490 g/mol. The summed E-state index contributed by atoms with van der Waals surface area (Å²) in [7, 11) is 0. The predicted molar refractivity (Wildman–Crippen MR) is 126 cm³/mol. The SMILES string of the molecule is CCCCCCOc1ccc(C(=O)NNC(=S)NC(=O)c2cc([N+](=O)[O-])cc([N+](=O)[O-])c2)cc1. The molecule has 2 amide bonds. The van der Waals surface area contributed by atoms with E-state index >= 15 is 0 Å². The Balaban J connectivity index is 1.88. The zero-order valence-corrected chi connectivity index (χ0v) is 19.1. The summed E-state index contributed by atoms with van der Waals surface area (Å²) < 4.78 is 5.62. The van der Waals surface area contributed by atoms with Gasteiger partial charge in [0.15, 0.2) is 5.11 Å². The molecule has 0 aromatic heterocycles. The lowest BCUT2D eigenvalue weighted by Gasteiger charge is -2.11. The number of nitrogens with one attached hydrogen (secondary N) is 3. The molecular formula is C21H23N5O7S. The van der Waals surface area contributed by atoms with Crippen molar-refractivity contribution in [3.8, 4) is 5.75 Å². The van der Waals surface area contributed by atoms with Gasteiger partial charge in [-0.1, -0.05) is 26.2 Å². The summed E-state index contributed by atoms with van der Waals surface area (Å²) in [6.45, 7) is 2.72. The van der Waals surface area contributed by atoms with Crippen LogP contribution in [0.15, 0.2) is 42.5 Å². The van der Waals surface area contributed by atoms with E-state index in [1.54, 1.807) is 24.3 Å². The Labute approximate surface area is 199 Å². The number of carbonyl (C=O) groups is 2. The van der Waals surface area contributed by atoms with Crippen LogP contribution in [0.1, 0.15) is 53.3 Å². The van der Waals surface area contributed by atoms with Crippen molar-refractivity contribution in [2.75, 3.05) is 6.61 Å². The third kappa shape index (κ3) is 8.09. The number of unbranched alkanes of at least 4 members (excludes halogenated alkanes) is 3. The van der Waals surface area contributed by atoms with Gasteiger partial charge in [-0.3, -0.25) is 46.0 Å². The average Bonchev–Trinajstić information content (AvgIpc) is 2.82. The van der Waals surface area contributed by atoms with Crippen molar-refractivity contribution in [2.45, 2.75) is 32.6 Å². The molecule has 0 saturated carbocycles. The molecule has 0 atom stereocenters. The fourth-order valence-electron chi connectivity index (χ4n) is 2.75. The second kappa shape index (κ2) is 12.8. The van der Waals surface area contributed by atoms with Crippen molar-refractivity contribution in [2.24, 2.45) is 0 Å². The molecule has 0 heterocycles. The first-order chi connectivity index (χ1) is 16.2. The Morgan fingerprint density at radius 2 is 1.50 bits per heavy atom. The number of carbonyl (C=O) groups excluding carboxylic acids is 2. The molecule has 3 N–H and O–H groups in total. The highest BCUT2D eigenvalue weighted by Crippen LogP contribution is 2.22. The summed E-state index contributed by atoms with van der Waals surface area (Å²) in [6.07, 6.45) is 4.34. The minimum Gasteiger partial charge on any atom is -0.494 e.